The molecule has 8 aromatic carbocycles. The van der Waals surface area contributed by atoms with Crippen LogP contribution in [0.1, 0.15) is 91.1 Å². The van der Waals surface area contributed by atoms with Gasteiger partial charge < -0.3 is 120 Å². The number of likely N-dealkylation sites (N-methyl/N-ethyl adjacent to an activating group) is 8. The molecule has 11 atom stereocenters. The smallest absolute Gasteiger partial charge is 0.125 e. The highest BCUT2D eigenvalue weighted by Crippen LogP contribution is 2.35. The fourth-order valence-corrected chi connectivity index (χ4v) is 12.1. The Morgan fingerprint density at radius 3 is 0.658 bits per heavy atom. The number of hydrogen-bond donors (Lipinski definition) is 16. The van der Waals surface area contributed by atoms with Crippen LogP contribution in [0.25, 0.3) is 87.2 Å². The number of nitrogens with zero attached hydrogens (tertiary/aromatic N) is 8. The Morgan fingerprint density at radius 2 is 0.417 bits per heavy atom. The van der Waals surface area contributed by atoms with Crippen LogP contribution >= 0.6 is 0 Å². The van der Waals surface area contributed by atoms with Gasteiger partial charge in [0, 0.05) is 236 Å². The maximum absolute atomic E-state index is 9.91. The van der Waals surface area contributed by atoms with Gasteiger partial charge in [0.05, 0.1) is 0 Å². The normalized spacial score (nSPS) is 19.5. The third-order valence-corrected chi connectivity index (χ3v) is 17.6. The van der Waals surface area contributed by atoms with Gasteiger partial charge in [0.25, 0.3) is 0 Å². The van der Waals surface area contributed by atoms with Gasteiger partial charge in [-0.25, -0.2) is 0 Å². The summed E-state index contributed by atoms with van der Waals surface area (Å²) in [6, 6.07) is 39.6. The first-order valence-corrected chi connectivity index (χ1v) is 37.2. The van der Waals surface area contributed by atoms with Crippen molar-refractivity contribution in [3.05, 3.63) is 240 Å². The van der Waals surface area contributed by atoms with Crippen LogP contribution < -0.4 is 0 Å². The van der Waals surface area contributed by atoms with E-state index in [-0.39, 0.29) is 74.3 Å². The molecular formula is C96H128N16O8. The number of rotatable bonds is 24. The zero-order valence-electron chi connectivity index (χ0n) is 102. The lowest BCUT2D eigenvalue weighted by Crippen LogP contribution is -2.14. The standard InChI is InChI=1S/8C12H16N2O/c8*1-14(2)7-6-9-8-13-10-4-3-5-11(15)12(9)10/h8*3-5,8,13,15H,6-7H2,1-2H3/i2*1D3,6D2,7D;2*1D3,6D,7D;6D2,7D;6D,7D2;6D,7D;1D3,7D. The molecule has 11 unspecified atom stereocenters. The average Bonchev–Trinajstić information content (AvgIpc) is 1.60. The van der Waals surface area contributed by atoms with E-state index in [1.54, 1.807) is 163 Å². The SMILES string of the molecule is [2H]C(Cc1c[nH]c2cccc(O)c12)N(C)C([2H])([2H])[2H].[2H]C(N(C)C([2H])([2H])[2H])C([2H])([2H])c1c[nH]c2cccc(O)c12.[2H]C(N(C)C([2H])([2H])[2H])C([2H])([2H])c1c[nH]c2cccc(O)c12.[2H]C(N(C)C)C([2H])([2H])c1c[nH]c2cccc(O)c12.[2H]C(c1c[nH]c2cccc(O)c12)C([2H])([2H])N(C)C.[2H]C(c1c[nH]c2cccc(O)c12)C([2H])N(C)C.[2H]C(c1c[nH]c2cccc(O)c12)C([2H])N(C)C([2H])([2H])[2H].[2H]C(c1c[nH]c2cccc(O)c12)C([2H])N(C)C([2H])([2H])[2H]. The molecule has 16 N–H and O–H groups in total. The van der Waals surface area contributed by atoms with Gasteiger partial charge in [-0.15, -0.1) is 0 Å². The third-order valence-electron chi connectivity index (χ3n) is 17.6. The molecule has 0 radical (unpaired) electrons. The van der Waals surface area contributed by atoms with Gasteiger partial charge >= 0.3 is 0 Å². The molecule has 0 aliphatic rings. The zero-order valence-corrected chi connectivity index (χ0v) is 68.2. The van der Waals surface area contributed by atoms with E-state index in [1.807, 2.05) is 12.1 Å². The molecule has 24 heteroatoms. The van der Waals surface area contributed by atoms with E-state index in [1.165, 1.54) is 112 Å². The van der Waals surface area contributed by atoms with Crippen molar-refractivity contribution in [3.63, 3.8) is 0 Å². The van der Waals surface area contributed by atoms with Gasteiger partial charge in [0.15, 0.2) is 0 Å². The number of aromatic amines is 8. The molecule has 0 fully saturated rings. The van der Waals surface area contributed by atoms with Crippen molar-refractivity contribution in [1.82, 2.24) is 79.1 Å². The van der Waals surface area contributed by atoms with Crippen molar-refractivity contribution < 1.29 is 87.5 Å². The highest BCUT2D eigenvalue weighted by molar-refractivity contribution is 5.94. The largest absolute Gasteiger partial charge is 0.507 e. The molecule has 24 nitrogen and oxygen atoms in total. The second-order valence-electron chi connectivity index (χ2n) is 27.8. The number of aromatic hydroxyl groups is 8. The Morgan fingerprint density at radius 1 is 0.225 bits per heavy atom. The quantitative estimate of drug-likeness (QED) is 0.0267. The molecule has 120 heavy (non-hydrogen) atoms. The van der Waals surface area contributed by atoms with Crippen LogP contribution in [-0.2, 0) is 51.1 Å². The van der Waals surface area contributed by atoms with E-state index >= 15 is 0 Å². The molecular weight excluding hydrogens is 1510 g/mol. The van der Waals surface area contributed by atoms with Crippen LogP contribution in [0.3, 0.4) is 0 Å². The number of aromatic nitrogens is 8. The Kier molecular flexibility index (Phi) is 20.6. The minimum Gasteiger partial charge on any atom is -0.507 e. The number of phenolic OH excluding ortho intramolecular Hbond substituents is 8. The van der Waals surface area contributed by atoms with Crippen molar-refractivity contribution in [3.8, 4) is 46.0 Å². The number of phenols is 8. The molecule has 8 aromatic heterocycles. The molecule has 16 rings (SSSR count). The molecule has 0 amide bonds. The van der Waals surface area contributed by atoms with E-state index in [4.69, 9.17) is 46.6 Å². The molecule has 0 spiro atoms. The topological polar surface area (TPSA) is 314 Å². The molecule has 16 aromatic rings. The van der Waals surface area contributed by atoms with E-state index in [0.717, 1.165) is 31.3 Å². The minimum absolute atomic E-state index is 0.0136. The van der Waals surface area contributed by atoms with Gasteiger partial charge in [0.1, 0.15) is 46.0 Å². The van der Waals surface area contributed by atoms with Gasteiger partial charge in [-0.1, -0.05) is 48.5 Å². The van der Waals surface area contributed by atoms with E-state index in [9.17, 15) is 40.9 Å². The molecule has 8 heterocycles. The lowest BCUT2D eigenvalue weighted by molar-refractivity contribution is 0.414. The van der Waals surface area contributed by atoms with Crippen molar-refractivity contribution in [2.75, 3.05) is 165 Å². The molecule has 0 saturated heterocycles. The lowest BCUT2D eigenvalue weighted by atomic mass is 10.1. The second-order valence-corrected chi connectivity index (χ2v) is 27.8. The van der Waals surface area contributed by atoms with Crippen LogP contribution in [0.2, 0.25) is 0 Å². The van der Waals surface area contributed by atoms with Gasteiger partial charge in [-0.05, 0) is 305 Å². The fraction of sp³-hybridized carbons (Fsp3) is 0.333. The molecule has 640 valence electrons. The predicted octanol–water partition coefficient (Wildman–Crippen LogP) is 15.8. The molecule has 0 bridgehead atoms. The first-order chi connectivity index (χ1) is 71.1. The Balaban J connectivity index is 0.000000195. The summed E-state index contributed by atoms with van der Waals surface area (Å²) in [5.41, 5.74) is 8.42. The number of hydrogen-bond acceptors (Lipinski definition) is 16. The molecule has 0 aliphatic heterocycles. The van der Waals surface area contributed by atoms with Gasteiger partial charge in [-0.2, -0.15) is 0 Å². The van der Waals surface area contributed by atoms with Crippen molar-refractivity contribution in [2.45, 2.75) is 51.1 Å². The first kappa shape index (κ1) is 55.1. The lowest BCUT2D eigenvalue weighted by Gasteiger charge is -2.08. The van der Waals surface area contributed by atoms with E-state index in [0.29, 0.717) is 103 Å². The summed E-state index contributed by atoms with van der Waals surface area (Å²) >= 11 is 0. The Labute approximate surface area is 753 Å². The summed E-state index contributed by atoms with van der Waals surface area (Å²) in [6.45, 7) is -22.5. The number of benzene rings is 8. The fourth-order valence-electron chi connectivity index (χ4n) is 12.1. The number of nitrogens with one attached hydrogen (secondary N) is 8. The Hall–Kier alpha value is -11.8. The summed E-state index contributed by atoms with van der Waals surface area (Å²) in [4.78, 5) is 32.1. The zero-order chi connectivity index (χ0) is 116. The molecule has 0 aliphatic carbocycles. The van der Waals surface area contributed by atoms with Crippen LogP contribution in [0.15, 0.2) is 195 Å². The second kappa shape index (κ2) is 44.8. The van der Waals surface area contributed by atoms with Gasteiger partial charge in [0.2, 0.25) is 0 Å². The summed E-state index contributed by atoms with van der Waals surface area (Å²) in [5, 5.41) is 82.7. The third kappa shape index (κ3) is 26.1. The predicted molar refractivity (Wildman–Crippen MR) is 498 cm³/mol. The maximum atomic E-state index is 9.91. The molecule has 0 saturated carbocycles. The number of aryl methyl sites for hydroxylation is 8. The van der Waals surface area contributed by atoms with Crippen molar-refractivity contribution in [1.29, 1.82) is 0 Å². The van der Waals surface area contributed by atoms with Crippen LogP contribution in [0.4, 0.5) is 0 Å². The summed E-state index contributed by atoms with van der Waals surface area (Å²) in [6.07, 6.45) is 2.08. The number of fused-ring (bicyclic) bond motifs is 8. The first-order valence-electron chi connectivity index (χ1n) is 55.1. The van der Waals surface area contributed by atoms with E-state index in [2.05, 4.69) is 39.9 Å². The van der Waals surface area contributed by atoms with E-state index < -0.39 is 132 Å². The summed E-state index contributed by atoms with van der Waals surface area (Å²) in [7, 11) is 16.4. The highest BCUT2D eigenvalue weighted by atomic mass is 16.3. The number of H-pyrrole nitrogens is 8. The summed E-state index contributed by atoms with van der Waals surface area (Å²) < 4.78 is 262. The van der Waals surface area contributed by atoms with Crippen LogP contribution in [0.5, 0.6) is 46.0 Å². The van der Waals surface area contributed by atoms with Crippen molar-refractivity contribution >= 4 is 87.2 Å². The maximum Gasteiger partial charge on any atom is 0.125 e. The van der Waals surface area contributed by atoms with Crippen molar-refractivity contribution in [2.24, 2.45) is 0 Å². The monoisotopic (exact) mass is 1670 g/mol. The minimum atomic E-state index is -2.58. The highest BCUT2D eigenvalue weighted by Gasteiger charge is 2.16. The van der Waals surface area contributed by atoms with Crippen LogP contribution in [0, 0.1) is 0 Å². The van der Waals surface area contributed by atoms with Gasteiger partial charge in [-0.3, -0.25) is 0 Å². The Bertz CT molecular complexity index is 7080. The van der Waals surface area contributed by atoms with Crippen LogP contribution in [-0.4, -0.2) is 284 Å². The average molecular weight is 1670 g/mol. The summed E-state index contributed by atoms with van der Waals surface area (Å²) in [5.74, 6) is 0.181.